The van der Waals surface area contributed by atoms with Crippen molar-refractivity contribution in [2.45, 2.75) is 19.4 Å². The number of halogens is 1. The molecule has 0 saturated heterocycles. The molecule has 1 unspecified atom stereocenters. The molecule has 0 saturated carbocycles. The number of carbonyl (C=O) groups excluding carboxylic acids is 1. The third-order valence-corrected chi connectivity index (χ3v) is 5.10. The summed E-state index contributed by atoms with van der Waals surface area (Å²) in [5.74, 6) is -0.184. The van der Waals surface area contributed by atoms with Crippen LogP contribution in [-0.2, 0) is 13.5 Å². The maximum Gasteiger partial charge on any atom is 0.261 e. The molecule has 0 fully saturated rings. The number of nitrogens with one attached hydrogen (secondary N) is 2. The first-order valence-electron chi connectivity index (χ1n) is 8.13. The number of hydrogen-bond donors (Lipinski definition) is 2. The lowest BCUT2D eigenvalue weighted by atomic mass is 10.1. The monoisotopic (exact) mass is 431 g/mol. The van der Waals surface area contributed by atoms with E-state index >= 15 is 0 Å². The number of benzene rings is 2. The minimum Gasteiger partial charge on any atom is -0.349 e. The predicted octanol–water partition coefficient (Wildman–Crippen LogP) is 3.72. The summed E-state index contributed by atoms with van der Waals surface area (Å²) in [5, 5.41) is 3.49. The highest BCUT2D eigenvalue weighted by Crippen LogP contribution is 2.13. The van der Waals surface area contributed by atoms with Crippen molar-refractivity contribution in [3.8, 4) is 0 Å². The van der Waals surface area contributed by atoms with Crippen molar-refractivity contribution >= 4 is 45.0 Å². The van der Waals surface area contributed by atoms with E-state index in [0.717, 1.165) is 16.5 Å². The Balaban J connectivity index is 1.79. The second-order valence-corrected chi connectivity index (χ2v) is 7.56. The molecule has 7 heteroatoms. The van der Waals surface area contributed by atoms with Gasteiger partial charge in [0.1, 0.15) is 0 Å². The molecule has 134 valence electrons. The first-order chi connectivity index (χ1) is 12.3. The van der Waals surface area contributed by atoms with Crippen LogP contribution in [0.3, 0.4) is 0 Å². The Morgan fingerprint density at radius 1 is 1.27 bits per heavy atom. The van der Waals surface area contributed by atoms with E-state index in [1.54, 1.807) is 25.2 Å². The van der Waals surface area contributed by atoms with E-state index in [4.69, 9.17) is 12.2 Å². The van der Waals surface area contributed by atoms with Crippen molar-refractivity contribution < 1.29 is 4.79 Å². The lowest BCUT2D eigenvalue weighted by molar-refractivity contribution is 0.0940. The molecule has 2 N–H and O–H groups in total. The first-order valence-corrected chi connectivity index (χ1v) is 9.33. The highest BCUT2D eigenvalue weighted by atomic mass is 79.9. The lowest BCUT2D eigenvalue weighted by Crippen LogP contribution is -2.34. The number of H-pyrrole nitrogens is 1. The summed E-state index contributed by atoms with van der Waals surface area (Å²) < 4.78 is 2.72. The van der Waals surface area contributed by atoms with Gasteiger partial charge in [-0.15, -0.1) is 0 Å². The van der Waals surface area contributed by atoms with E-state index in [1.165, 1.54) is 4.57 Å². The largest absolute Gasteiger partial charge is 0.349 e. The van der Waals surface area contributed by atoms with Crippen molar-refractivity contribution in [1.82, 2.24) is 14.9 Å². The molecule has 2 aromatic carbocycles. The van der Waals surface area contributed by atoms with Crippen molar-refractivity contribution in [2.24, 2.45) is 7.05 Å². The number of rotatable bonds is 4. The summed E-state index contributed by atoms with van der Waals surface area (Å²) in [6, 6.07) is 13.0. The van der Waals surface area contributed by atoms with Gasteiger partial charge >= 0.3 is 0 Å². The molecule has 1 aromatic heterocycles. The van der Waals surface area contributed by atoms with Gasteiger partial charge in [0.2, 0.25) is 0 Å². The van der Waals surface area contributed by atoms with Crippen molar-refractivity contribution in [3.63, 3.8) is 0 Å². The Kier molecular flexibility index (Phi) is 5.38. The zero-order valence-electron chi connectivity index (χ0n) is 14.4. The fourth-order valence-electron chi connectivity index (χ4n) is 2.78. The van der Waals surface area contributed by atoms with Crippen LogP contribution in [0.25, 0.3) is 10.9 Å². The maximum absolute atomic E-state index is 12.5. The van der Waals surface area contributed by atoms with Crippen molar-refractivity contribution in [3.05, 3.63) is 73.2 Å². The molecule has 3 rings (SSSR count). The molecule has 5 nitrogen and oxygen atoms in total. The zero-order chi connectivity index (χ0) is 18.8. The average Bonchev–Trinajstić information content (AvgIpc) is 2.61. The van der Waals surface area contributed by atoms with E-state index in [0.29, 0.717) is 21.2 Å². The van der Waals surface area contributed by atoms with Gasteiger partial charge in [-0.1, -0.05) is 28.1 Å². The molecule has 0 aliphatic rings. The molecular formula is C19H18BrN3O2S. The smallest absolute Gasteiger partial charge is 0.261 e. The lowest BCUT2D eigenvalue weighted by Gasteiger charge is -2.14. The number of hydrogen-bond acceptors (Lipinski definition) is 3. The highest BCUT2D eigenvalue weighted by Gasteiger charge is 2.12. The van der Waals surface area contributed by atoms with Crippen LogP contribution in [0.1, 0.15) is 22.8 Å². The Morgan fingerprint density at radius 2 is 1.96 bits per heavy atom. The van der Waals surface area contributed by atoms with Gasteiger partial charge in [-0.25, -0.2) is 0 Å². The Hall–Kier alpha value is -2.25. The average molecular weight is 432 g/mol. The van der Waals surface area contributed by atoms with Crippen LogP contribution in [0.15, 0.2) is 51.7 Å². The van der Waals surface area contributed by atoms with Gasteiger partial charge in [0.15, 0.2) is 4.77 Å². The standard InChI is InChI=1S/C19H18BrN3O2S/c1-11(9-12-3-6-14(20)7-4-12)21-17(24)13-5-8-15-16(10-13)22-19(26)23(2)18(15)25/h3-8,10-11H,9H2,1-2H3,(H,21,24)(H,22,26). The molecular weight excluding hydrogens is 414 g/mol. The van der Waals surface area contributed by atoms with E-state index < -0.39 is 0 Å². The molecule has 0 aliphatic carbocycles. The predicted molar refractivity (Wildman–Crippen MR) is 109 cm³/mol. The quantitative estimate of drug-likeness (QED) is 0.618. The number of fused-ring (bicyclic) bond motifs is 1. The van der Waals surface area contributed by atoms with Gasteiger partial charge in [-0.2, -0.15) is 0 Å². The van der Waals surface area contributed by atoms with Gasteiger partial charge < -0.3 is 10.3 Å². The number of carbonyl (C=O) groups is 1. The molecule has 0 bridgehead atoms. The summed E-state index contributed by atoms with van der Waals surface area (Å²) in [6.45, 7) is 1.96. The third-order valence-electron chi connectivity index (χ3n) is 4.20. The maximum atomic E-state index is 12.5. The van der Waals surface area contributed by atoms with Crippen LogP contribution >= 0.6 is 28.1 Å². The molecule has 0 aliphatic heterocycles. The fraction of sp³-hybridized carbons (Fsp3) is 0.211. The Labute approximate surface area is 164 Å². The number of aromatic amines is 1. The molecule has 1 heterocycles. The fourth-order valence-corrected chi connectivity index (χ4v) is 3.24. The molecule has 3 aromatic rings. The summed E-state index contributed by atoms with van der Waals surface area (Å²) in [6.07, 6.45) is 0.732. The summed E-state index contributed by atoms with van der Waals surface area (Å²) in [4.78, 5) is 27.7. The minimum absolute atomic E-state index is 0.0264. The number of nitrogens with zero attached hydrogens (tertiary/aromatic N) is 1. The molecule has 1 amide bonds. The van der Waals surface area contributed by atoms with Gasteiger partial charge in [-0.05, 0) is 61.5 Å². The van der Waals surface area contributed by atoms with E-state index in [-0.39, 0.29) is 17.5 Å². The minimum atomic E-state index is -0.184. The third kappa shape index (κ3) is 3.94. The summed E-state index contributed by atoms with van der Waals surface area (Å²) in [7, 11) is 1.62. The van der Waals surface area contributed by atoms with Crippen LogP contribution in [0, 0.1) is 4.77 Å². The molecule has 0 spiro atoms. The number of aromatic nitrogens is 2. The van der Waals surface area contributed by atoms with Crippen molar-refractivity contribution in [1.29, 1.82) is 0 Å². The molecule has 1 atom stereocenters. The Morgan fingerprint density at radius 3 is 2.65 bits per heavy atom. The highest BCUT2D eigenvalue weighted by molar-refractivity contribution is 9.10. The number of amides is 1. The second-order valence-electron chi connectivity index (χ2n) is 6.26. The van der Waals surface area contributed by atoms with Crippen LogP contribution in [-0.4, -0.2) is 21.5 Å². The normalized spacial score (nSPS) is 12.1. The molecule has 0 radical (unpaired) electrons. The summed E-state index contributed by atoms with van der Waals surface area (Å²) in [5.41, 5.74) is 2.01. The van der Waals surface area contributed by atoms with E-state index in [9.17, 15) is 9.59 Å². The van der Waals surface area contributed by atoms with Gasteiger partial charge in [0.25, 0.3) is 11.5 Å². The second kappa shape index (κ2) is 7.55. The zero-order valence-corrected chi connectivity index (χ0v) is 16.8. The SMILES string of the molecule is CC(Cc1ccc(Br)cc1)NC(=O)c1ccc2c(=O)n(C)c(=S)[nH]c2c1. The molecule has 26 heavy (non-hydrogen) atoms. The Bertz CT molecular complexity index is 1090. The van der Waals surface area contributed by atoms with E-state index in [1.807, 2.05) is 31.2 Å². The van der Waals surface area contributed by atoms with Crippen molar-refractivity contribution in [2.75, 3.05) is 0 Å². The topological polar surface area (TPSA) is 66.9 Å². The van der Waals surface area contributed by atoms with Crippen LogP contribution in [0.5, 0.6) is 0 Å². The van der Waals surface area contributed by atoms with Crippen LogP contribution < -0.4 is 10.9 Å². The van der Waals surface area contributed by atoms with Gasteiger partial charge in [0, 0.05) is 23.1 Å². The first kappa shape index (κ1) is 18.5. The van der Waals surface area contributed by atoms with Crippen LogP contribution in [0.2, 0.25) is 0 Å². The van der Waals surface area contributed by atoms with Gasteiger partial charge in [-0.3, -0.25) is 14.2 Å². The van der Waals surface area contributed by atoms with E-state index in [2.05, 4.69) is 26.2 Å². The van der Waals surface area contributed by atoms with Crippen LogP contribution in [0.4, 0.5) is 0 Å². The van der Waals surface area contributed by atoms with Gasteiger partial charge in [0.05, 0.1) is 10.9 Å². The summed E-state index contributed by atoms with van der Waals surface area (Å²) >= 11 is 8.55.